The van der Waals surface area contributed by atoms with Crippen LogP contribution in [0, 0.1) is 11.6 Å². The summed E-state index contributed by atoms with van der Waals surface area (Å²) in [6.45, 7) is 0. The average Bonchev–Trinajstić information content (AvgIpc) is 2.93. The number of hydrogen-bond donors (Lipinski definition) is 1. The highest BCUT2D eigenvalue weighted by molar-refractivity contribution is 6.33. The molecule has 0 spiro atoms. The Morgan fingerprint density at radius 2 is 2.00 bits per heavy atom. The summed E-state index contributed by atoms with van der Waals surface area (Å²) in [5, 5.41) is 7.06. The Morgan fingerprint density at radius 1 is 1.26 bits per heavy atom. The molecule has 0 saturated heterocycles. The van der Waals surface area contributed by atoms with Crippen molar-refractivity contribution in [1.29, 1.82) is 0 Å². The van der Waals surface area contributed by atoms with Gasteiger partial charge < -0.3 is 10.1 Å². The van der Waals surface area contributed by atoms with E-state index in [1.807, 2.05) is 0 Å². The number of benzene rings is 1. The molecule has 0 radical (unpaired) electrons. The van der Waals surface area contributed by atoms with Crippen LogP contribution in [-0.4, -0.2) is 33.7 Å². The van der Waals surface area contributed by atoms with Gasteiger partial charge >= 0.3 is 5.97 Å². The number of hydrogen-bond acceptors (Lipinski definition) is 6. The molecular formula is C17H10ClF2N5O2. The van der Waals surface area contributed by atoms with Crippen molar-refractivity contribution in [3.63, 3.8) is 0 Å². The number of rotatable bonds is 2. The van der Waals surface area contributed by atoms with E-state index in [9.17, 15) is 13.6 Å². The number of carbonyl (C=O) groups excluding carboxylic acids is 1. The Bertz CT molecular complexity index is 1090. The number of halogens is 3. The molecule has 0 amide bonds. The molecule has 0 aliphatic carbocycles. The average molecular weight is 390 g/mol. The topological polar surface area (TPSA) is 81.4 Å². The smallest absolute Gasteiger partial charge is 0.339 e. The monoisotopic (exact) mass is 389 g/mol. The first-order chi connectivity index (χ1) is 13.0. The van der Waals surface area contributed by atoms with Crippen molar-refractivity contribution >= 4 is 35.0 Å². The predicted octanol–water partition coefficient (Wildman–Crippen LogP) is 3.49. The second-order valence-corrected chi connectivity index (χ2v) is 5.90. The maximum absolute atomic E-state index is 14.3. The molecule has 27 heavy (non-hydrogen) atoms. The first-order valence-electron chi connectivity index (χ1n) is 7.62. The van der Waals surface area contributed by atoms with Crippen LogP contribution in [0.1, 0.15) is 15.9 Å². The van der Waals surface area contributed by atoms with Crippen molar-refractivity contribution in [3.8, 4) is 5.69 Å². The summed E-state index contributed by atoms with van der Waals surface area (Å²) >= 11 is 6.14. The van der Waals surface area contributed by atoms with Crippen molar-refractivity contribution in [1.82, 2.24) is 14.8 Å². The number of aromatic nitrogens is 3. The van der Waals surface area contributed by atoms with E-state index < -0.39 is 17.6 Å². The van der Waals surface area contributed by atoms with E-state index >= 15 is 0 Å². The molecular weight excluding hydrogens is 380 g/mol. The summed E-state index contributed by atoms with van der Waals surface area (Å²) < 4.78 is 34.5. The van der Waals surface area contributed by atoms with Crippen LogP contribution in [0.3, 0.4) is 0 Å². The maximum atomic E-state index is 14.3. The van der Waals surface area contributed by atoms with Crippen molar-refractivity contribution < 1.29 is 18.3 Å². The fraction of sp³-hybridized carbons (Fsp3) is 0.0588. The molecule has 2 aromatic heterocycles. The Labute approximate surface area is 156 Å². The SMILES string of the molecule is COC(=O)c1cnc2c(c1)-n1ncc(Cl)c1N=C(c1c(F)cccc1F)N2. The number of pyridine rings is 1. The Morgan fingerprint density at radius 3 is 2.70 bits per heavy atom. The molecule has 3 aromatic rings. The molecule has 7 nitrogen and oxygen atoms in total. The van der Waals surface area contributed by atoms with E-state index in [0.29, 0.717) is 5.69 Å². The minimum atomic E-state index is -0.807. The Balaban J connectivity index is 1.95. The highest BCUT2D eigenvalue weighted by atomic mass is 35.5. The zero-order valence-electron chi connectivity index (χ0n) is 13.7. The first-order valence-corrected chi connectivity index (χ1v) is 7.99. The molecule has 1 aliphatic rings. The summed E-state index contributed by atoms with van der Waals surface area (Å²) in [4.78, 5) is 20.2. The van der Waals surface area contributed by atoms with E-state index in [1.165, 1.54) is 36.3 Å². The number of nitrogens with zero attached hydrogens (tertiary/aromatic N) is 4. The summed E-state index contributed by atoms with van der Waals surface area (Å²) in [6, 6.07) is 4.93. The van der Waals surface area contributed by atoms with Gasteiger partial charge in [-0.3, -0.25) is 0 Å². The molecule has 1 aromatic carbocycles. The lowest BCUT2D eigenvalue weighted by atomic mass is 10.1. The van der Waals surface area contributed by atoms with Crippen LogP contribution < -0.4 is 5.32 Å². The number of amidine groups is 1. The van der Waals surface area contributed by atoms with Gasteiger partial charge in [-0.05, 0) is 18.2 Å². The third kappa shape index (κ3) is 2.81. The lowest BCUT2D eigenvalue weighted by Gasteiger charge is -2.11. The molecule has 136 valence electrons. The predicted molar refractivity (Wildman–Crippen MR) is 93.9 cm³/mol. The second-order valence-electron chi connectivity index (χ2n) is 5.49. The van der Waals surface area contributed by atoms with E-state index in [1.54, 1.807) is 0 Å². The zero-order valence-corrected chi connectivity index (χ0v) is 14.5. The van der Waals surface area contributed by atoms with Crippen molar-refractivity contribution in [2.45, 2.75) is 0 Å². The number of methoxy groups -OCH3 is 1. The molecule has 3 heterocycles. The van der Waals surface area contributed by atoms with Crippen LogP contribution in [0.25, 0.3) is 5.69 Å². The van der Waals surface area contributed by atoms with Gasteiger partial charge in [0.15, 0.2) is 11.6 Å². The van der Waals surface area contributed by atoms with Gasteiger partial charge in [-0.15, -0.1) is 0 Å². The van der Waals surface area contributed by atoms with Crippen molar-refractivity contribution in [2.24, 2.45) is 4.99 Å². The number of aliphatic imine (C=N–C) groups is 1. The van der Waals surface area contributed by atoms with Gasteiger partial charge in [0.2, 0.25) is 0 Å². The number of fused-ring (bicyclic) bond motifs is 3. The molecule has 0 saturated carbocycles. The lowest BCUT2D eigenvalue weighted by Crippen LogP contribution is -2.18. The fourth-order valence-electron chi connectivity index (χ4n) is 2.63. The summed E-state index contributed by atoms with van der Waals surface area (Å²) in [5.74, 6) is -2.04. The zero-order chi connectivity index (χ0) is 19.1. The highest BCUT2D eigenvalue weighted by Gasteiger charge is 2.25. The molecule has 0 fully saturated rings. The van der Waals surface area contributed by atoms with E-state index in [4.69, 9.17) is 16.3 Å². The van der Waals surface area contributed by atoms with Gasteiger partial charge in [0.25, 0.3) is 0 Å². The Kier molecular flexibility index (Phi) is 4.08. The van der Waals surface area contributed by atoms with Crippen LogP contribution >= 0.6 is 11.6 Å². The highest BCUT2D eigenvalue weighted by Crippen LogP contribution is 2.34. The largest absolute Gasteiger partial charge is 0.465 e. The van der Waals surface area contributed by atoms with Crippen LogP contribution in [0.2, 0.25) is 5.02 Å². The minimum absolute atomic E-state index is 0.129. The molecule has 4 rings (SSSR count). The van der Waals surface area contributed by atoms with Crippen LogP contribution in [0.4, 0.5) is 20.4 Å². The molecule has 0 atom stereocenters. The van der Waals surface area contributed by atoms with Gasteiger partial charge in [-0.25, -0.2) is 28.2 Å². The number of ether oxygens (including phenoxy) is 1. The third-order valence-corrected chi connectivity index (χ3v) is 4.14. The quantitative estimate of drug-likeness (QED) is 0.678. The number of carbonyl (C=O) groups is 1. The van der Waals surface area contributed by atoms with Crippen molar-refractivity contribution in [3.05, 3.63) is 64.4 Å². The maximum Gasteiger partial charge on any atom is 0.339 e. The van der Waals surface area contributed by atoms with Gasteiger partial charge in [0, 0.05) is 6.20 Å². The van der Waals surface area contributed by atoms with Crippen LogP contribution in [-0.2, 0) is 4.74 Å². The lowest BCUT2D eigenvalue weighted by molar-refractivity contribution is 0.0600. The minimum Gasteiger partial charge on any atom is -0.465 e. The van der Waals surface area contributed by atoms with Gasteiger partial charge in [-0.2, -0.15) is 5.10 Å². The van der Waals surface area contributed by atoms with E-state index in [0.717, 1.165) is 12.1 Å². The number of esters is 1. The van der Waals surface area contributed by atoms with Crippen LogP contribution in [0.5, 0.6) is 0 Å². The molecule has 0 unspecified atom stereocenters. The van der Waals surface area contributed by atoms with Crippen LogP contribution in [0.15, 0.2) is 41.7 Å². The molecule has 1 N–H and O–H groups in total. The number of nitrogens with one attached hydrogen (secondary N) is 1. The van der Waals surface area contributed by atoms with E-state index in [2.05, 4.69) is 20.4 Å². The van der Waals surface area contributed by atoms with E-state index in [-0.39, 0.29) is 33.6 Å². The van der Waals surface area contributed by atoms with Gasteiger partial charge in [-0.1, -0.05) is 17.7 Å². The summed E-state index contributed by atoms with van der Waals surface area (Å²) in [5.41, 5.74) is 0.111. The summed E-state index contributed by atoms with van der Waals surface area (Å²) in [6.07, 6.45) is 2.60. The third-order valence-electron chi connectivity index (χ3n) is 3.87. The molecule has 0 bridgehead atoms. The standard InChI is InChI=1S/C17H10ClF2N5O2/c1-27-17(26)8-5-12-14(21-6-8)23-15(13-10(19)3-2-4-11(13)20)24-16-9(18)7-22-25(12)16/h2-7H,1H3,(H,21,23,24). The normalized spacial score (nSPS) is 12.4. The molecule has 10 heteroatoms. The molecule has 1 aliphatic heterocycles. The second kappa shape index (κ2) is 6.44. The van der Waals surface area contributed by atoms with Gasteiger partial charge in [0.1, 0.15) is 28.2 Å². The number of anilines is 1. The summed E-state index contributed by atoms with van der Waals surface area (Å²) in [7, 11) is 1.24. The van der Waals surface area contributed by atoms with Gasteiger partial charge in [0.05, 0.1) is 24.4 Å². The first kappa shape index (κ1) is 17.1. The Hall–Kier alpha value is -3.33. The van der Waals surface area contributed by atoms with Crippen molar-refractivity contribution in [2.75, 3.05) is 12.4 Å². The fourth-order valence-corrected chi connectivity index (χ4v) is 2.79.